The van der Waals surface area contributed by atoms with Crippen LogP contribution in [0.15, 0.2) is 4.99 Å². The van der Waals surface area contributed by atoms with Crippen molar-refractivity contribution in [2.75, 3.05) is 6.54 Å². The van der Waals surface area contributed by atoms with Crippen molar-refractivity contribution in [3.05, 3.63) is 0 Å². The van der Waals surface area contributed by atoms with E-state index in [0.717, 1.165) is 18.1 Å². The lowest BCUT2D eigenvalue weighted by atomic mass is 9.94. The summed E-state index contributed by atoms with van der Waals surface area (Å²) in [6.07, 6.45) is -2.19. The Bertz CT molecular complexity index is 342. The van der Waals surface area contributed by atoms with Crippen molar-refractivity contribution < 1.29 is 20.1 Å². The number of fused-ring (bicyclic) bond motifs is 1. The monoisotopic (exact) mass is 290 g/mol. The van der Waals surface area contributed by atoms with Gasteiger partial charge >= 0.3 is 0 Å². The molecule has 1 saturated heterocycles. The molecule has 2 heterocycles. The van der Waals surface area contributed by atoms with Crippen LogP contribution in [0.4, 0.5) is 0 Å². The fourth-order valence-corrected chi connectivity index (χ4v) is 3.39. The van der Waals surface area contributed by atoms with E-state index in [9.17, 15) is 15.3 Å². The summed E-state index contributed by atoms with van der Waals surface area (Å²) in [6.45, 7) is 4.68. The van der Waals surface area contributed by atoms with Crippen molar-refractivity contribution >= 4 is 16.9 Å². The van der Waals surface area contributed by atoms with Crippen LogP contribution < -0.4 is 5.32 Å². The maximum Gasteiger partial charge on any atom is 0.159 e. The van der Waals surface area contributed by atoms with Gasteiger partial charge in [-0.15, -0.1) is 0 Å². The first-order valence-corrected chi connectivity index (χ1v) is 7.64. The van der Waals surface area contributed by atoms with Crippen molar-refractivity contribution in [3.63, 3.8) is 0 Å². The second-order valence-electron chi connectivity index (χ2n) is 4.90. The van der Waals surface area contributed by atoms with Gasteiger partial charge in [-0.1, -0.05) is 25.6 Å². The summed E-state index contributed by atoms with van der Waals surface area (Å²) in [5.41, 5.74) is -0.344. The minimum absolute atomic E-state index is 0.344. The van der Waals surface area contributed by atoms with Crippen LogP contribution in [0.1, 0.15) is 26.7 Å². The highest BCUT2D eigenvalue weighted by Gasteiger charge is 2.49. The Balaban J connectivity index is 2.04. The van der Waals surface area contributed by atoms with E-state index >= 15 is 0 Å². The lowest BCUT2D eigenvalue weighted by Gasteiger charge is -2.40. The third-order valence-electron chi connectivity index (χ3n) is 3.42. The maximum atomic E-state index is 10.1. The van der Waals surface area contributed by atoms with Crippen LogP contribution >= 0.6 is 11.8 Å². The zero-order chi connectivity index (χ0) is 14.0. The van der Waals surface area contributed by atoms with Gasteiger partial charge in [-0.05, 0) is 12.8 Å². The van der Waals surface area contributed by atoms with Crippen LogP contribution in [0.5, 0.6) is 0 Å². The van der Waals surface area contributed by atoms with Gasteiger partial charge in [0.1, 0.15) is 29.8 Å². The highest BCUT2D eigenvalue weighted by Crippen LogP contribution is 2.36. The molecule has 0 amide bonds. The molecular weight excluding hydrogens is 268 g/mol. The number of nitrogens with one attached hydrogen (secondary N) is 1. The first-order chi connectivity index (χ1) is 9.08. The third-order valence-corrected chi connectivity index (χ3v) is 4.52. The number of hydrogen-bond acceptors (Lipinski definition) is 7. The molecule has 2 rings (SSSR count). The van der Waals surface area contributed by atoms with Crippen LogP contribution in [-0.2, 0) is 4.74 Å². The molecule has 0 spiro atoms. The SMILES string of the molecule is CCCNC1=N[C@H]2C(O[C@H]([C@@H](O)CC)[C@@H](O)[C@@H]2O)S1. The molecule has 110 valence electrons. The highest BCUT2D eigenvalue weighted by molar-refractivity contribution is 8.14. The zero-order valence-electron chi connectivity index (χ0n) is 11.2. The molecule has 0 aliphatic carbocycles. The van der Waals surface area contributed by atoms with Gasteiger partial charge in [0.15, 0.2) is 5.17 Å². The molecule has 2 aliphatic heterocycles. The van der Waals surface area contributed by atoms with Crippen molar-refractivity contribution in [1.82, 2.24) is 5.32 Å². The average molecular weight is 290 g/mol. The predicted molar refractivity (Wildman–Crippen MR) is 74.1 cm³/mol. The Morgan fingerprint density at radius 2 is 2.11 bits per heavy atom. The minimum atomic E-state index is -1.11. The van der Waals surface area contributed by atoms with Crippen molar-refractivity contribution in [1.29, 1.82) is 0 Å². The van der Waals surface area contributed by atoms with Gasteiger partial charge in [-0.3, -0.25) is 4.99 Å². The number of nitrogens with zero attached hydrogens (tertiary/aromatic N) is 1. The molecule has 2 aliphatic rings. The van der Waals surface area contributed by atoms with Crippen molar-refractivity contribution in [2.24, 2.45) is 4.99 Å². The summed E-state index contributed by atoms with van der Waals surface area (Å²) < 4.78 is 5.70. The summed E-state index contributed by atoms with van der Waals surface area (Å²) in [5, 5.41) is 33.9. The summed E-state index contributed by atoms with van der Waals surface area (Å²) in [5.74, 6) is 0. The predicted octanol–water partition coefficient (Wildman–Crippen LogP) is -0.325. The fraction of sp³-hybridized carbons (Fsp3) is 0.917. The number of ether oxygens (including phenoxy) is 1. The topological polar surface area (TPSA) is 94.3 Å². The maximum absolute atomic E-state index is 10.1. The minimum Gasteiger partial charge on any atom is -0.390 e. The van der Waals surface area contributed by atoms with E-state index < -0.39 is 30.5 Å². The largest absolute Gasteiger partial charge is 0.390 e. The Labute approximate surface area is 117 Å². The number of aliphatic hydroxyl groups excluding tert-OH is 3. The number of rotatable bonds is 4. The molecular formula is C12H22N2O4S. The van der Waals surface area contributed by atoms with Gasteiger partial charge in [0.2, 0.25) is 0 Å². The van der Waals surface area contributed by atoms with Crippen LogP contribution in [0.2, 0.25) is 0 Å². The molecule has 0 aromatic heterocycles. The molecule has 0 saturated carbocycles. The van der Waals surface area contributed by atoms with Crippen LogP contribution in [0, 0.1) is 0 Å². The Kier molecular flexibility index (Phi) is 5.08. The lowest BCUT2D eigenvalue weighted by molar-refractivity contribution is -0.185. The zero-order valence-corrected chi connectivity index (χ0v) is 12.0. The number of hydrogen-bond donors (Lipinski definition) is 4. The molecule has 1 unspecified atom stereocenters. The van der Waals surface area contributed by atoms with Crippen LogP contribution in [0.3, 0.4) is 0 Å². The highest BCUT2D eigenvalue weighted by atomic mass is 32.2. The molecule has 6 atom stereocenters. The second kappa shape index (κ2) is 6.41. The molecule has 0 radical (unpaired) electrons. The van der Waals surface area contributed by atoms with E-state index in [4.69, 9.17) is 4.74 Å². The van der Waals surface area contributed by atoms with Crippen molar-refractivity contribution in [3.8, 4) is 0 Å². The first-order valence-electron chi connectivity index (χ1n) is 6.76. The molecule has 0 aromatic rings. The Hall–Kier alpha value is -0.340. The van der Waals surface area contributed by atoms with Gasteiger partial charge in [0.05, 0.1) is 6.10 Å². The first kappa shape index (κ1) is 15.1. The Morgan fingerprint density at radius 1 is 1.37 bits per heavy atom. The fourth-order valence-electron chi connectivity index (χ4n) is 2.25. The van der Waals surface area contributed by atoms with E-state index in [0.29, 0.717) is 6.42 Å². The molecule has 19 heavy (non-hydrogen) atoms. The van der Waals surface area contributed by atoms with Crippen LogP contribution in [0.25, 0.3) is 0 Å². The van der Waals surface area contributed by atoms with Gasteiger partial charge < -0.3 is 25.4 Å². The average Bonchev–Trinajstić information content (AvgIpc) is 2.82. The number of aliphatic hydroxyl groups is 3. The molecule has 0 aromatic carbocycles. The number of aliphatic imine (C=N–C) groups is 1. The summed E-state index contributed by atoms with van der Waals surface area (Å²) in [4.78, 5) is 4.35. The van der Waals surface area contributed by atoms with Crippen LogP contribution in [-0.4, -0.2) is 62.9 Å². The summed E-state index contributed by atoms with van der Waals surface area (Å²) >= 11 is 1.41. The quantitative estimate of drug-likeness (QED) is 0.567. The molecule has 7 heteroatoms. The summed E-state index contributed by atoms with van der Waals surface area (Å²) in [7, 11) is 0. The van der Waals surface area contributed by atoms with E-state index in [1.54, 1.807) is 0 Å². The van der Waals surface area contributed by atoms with E-state index in [1.807, 2.05) is 6.92 Å². The molecule has 6 nitrogen and oxygen atoms in total. The number of amidine groups is 1. The Morgan fingerprint density at radius 3 is 2.74 bits per heavy atom. The van der Waals surface area contributed by atoms with E-state index in [-0.39, 0.29) is 5.44 Å². The standard InChI is InChI=1S/C12H22N2O4S/c1-3-5-13-12-14-7-8(16)9(17)10(6(15)4-2)18-11(7)19-12/h6-11,15-17H,3-5H2,1-2H3,(H,13,14)/t6-,7+,8+,9-,10+,11?/m0/s1. The van der Waals surface area contributed by atoms with E-state index in [1.165, 1.54) is 11.8 Å². The summed E-state index contributed by atoms with van der Waals surface area (Å²) in [6, 6.07) is -0.473. The second-order valence-corrected chi connectivity index (χ2v) is 5.98. The van der Waals surface area contributed by atoms with Crippen molar-refractivity contribution in [2.45, 2.75) is 62.6 Å². The van der Waals surface area contributed by atoms with E-state index in [2.05, 4.69) is 17.2 Å². The third kappa shape index (κ3) is 3.05. The van der Waals surface area contributed by atoms with Gasteiger partial charge in [0.25, 0.3) is 0 Å². The normalized spacial score (nSPS) is 39.6. The number of thioether (sulfide) groups is 1. The smallest absolute Gasteiger partial charge is 0.159 e. The van der Waals surface area contributed by atoms with Gasteiger partial charge in [-0.2, -0.15) is 0 Å². The molecule has 4 N–H and O–H groups in total. The van der Waals surface area contributed by atoms with Gasteiger partial charge in [0, 0.05) is 6.54 Å². The molecule has 0 bridgehead atoms. The lowest BCUT2D eigenvalue weighted by Crippen LogP contribution is -2.58. The van der Waals surface area contributed by atoms with Gasteiger partial charge in [-0.25, -0.2) is 0 Å². The molecule has 1 fully saturated rings.